The van der Waals surface area contributed by atoms with Crippen LogP contribution in [0.15, 0.2) is 42.5 Å². The van der Waals surface area contributed by atoms with E-state index in [0.29, 0.717) is 13.1 Å². The van der Waals surface area contributed by atoms with Gasteiger partial charge < -0.3 is 14.5 Å². The second-order valence-corrected chi connectivity index (χ2v) is 7.21. The number of ether oxygens (including phenoxy) is 1. The van der Waals surface area contributed by atoms with Crippen LogP contribution in [-0.4, -0.2) is 43.1 Å². The third-order valence-electron chi connectivity index (χ3n) is 4.85. The summed E-state index contributed by atoms with van der Waals surface area (Å²) in [4.78, 5) is 16.9. The van der Waals surface area contributed by atoms with Gasteiger partial charge in [0.05, 0.1) is 0 Å². The van der Waals surface area contributed by atoms with E-state index in [1.165, 1.54) is 5.56 Å². The van der Waals surface area contributed by atoms with E-state index in [1.807, 2.05) is 61.2 Å². The Morgan fingerprint density at radius 3 is 2.42 bits per heavy atom. The largest absolute Gasteiger partial charge is 0.481 e. The van der Waals surface area contributed by atoms with E-state index in [-0.39, 0.29) is 5.91 Å². The lowest BCUT2D eigenvalue weighted by Crippen LogP contribution is -2.52. The first kappa shape index (κ1) is 18.6. The van der Waals surface area contributed by atoms with Crippen LogP contribution in [-0.2, 0) is 4.79 Å². The summed E-state index contributed by atoms with van der Waals surface area (Å²) in [5.41, 5.74) is 3.38. The van der Waals surface area contributed by atoms with Gasteiger partial charge in [-0.2, -0.15) is 0 Å². The molecule has 138 valence electrons. The number of amides is 1. The summed E-state index contributed by atoms with van der Waals surface area (Å²) < 4.78 is 5.88. The summed E-state index contributed by atoms with van der Waals surface area (Å²) in [5, 5.41) is 0.740. The smallest absolute Gasteiger partial charge is 0.263 e. The maximum Gasteiger partial charge on any atom is 0.263 e. The van der Waals surface area contributed by atoms with E-state index in [2.05, 4.69) is 11.8 Å². The van der Waals surface area contributed by atoms with Crippen molar-refractivity contribution in [3.05, 3.63) is 58.6 Å². The third-order valence-corrected chi connectivity index (χ3v) is 5.08. The number of hydrogen-bond donors (Lipinski definition) is 0. The average Bonchev–Trinajstić information content (AvgIpc) is 2.65. The molecule has 1 aliphatic heterocycles. The average molecular weight is 373 g/mol. The highest BCUT2D eigenvalue weighted by molar-refractivity contribution is 6.30. The molecule has 1 unspecified atom stereocenters. The summed E-state index contributed by atoms with van der Waals surface area (Å²) in [6.07, 6.45) is -0.490. The van der Waals surface area contributed by atoms with Crippen molar-refractivity contribution < 1.29 is 9.53 Å². The van der Waals surface area contributed by atoms with Gasteiger partial charge in [-0.1, -0.05) is 35.9 Å². The number of carbonyl (C=O) groups is 1. The molecule has 0 aliphatic carbocycles. The Morgan fingerprint density at radius 2 is 1.73 bits per heavy atom. The van der Waals surface area contributed by atoms with Gasteiger partial charge in [0.1, 0.15) is 5.75 Å². The molecule has 0 radical (unpaired) electrons. The quantitative estimate of drug-likeness (QED) is 0.810. The highest BCUT2D eigenvalue weighted by Crippen LogP contribution is 2.25. The predicted octanol–water partition coefficient (Wildman–Crippen LogP) is 4.07. The van der Waals surface area contributed by atoms with Gasteiger partial charge in [0.2, 0.25) is 0 Å². The Labute approximate surface area is 160 Å². The number of carbonyl (C=O) groups excluding carboxylic acids is 1. The van der Waals surface area contributed by atoms with E-state index in [0.717, 1.165) is 35.1 Å². The van der Waals surface area contributed by atoms with Crippen molar-refractivity contribution in [2.24, 2.45) is 0 Å². The van der Waals surface area contributed by atoms with E-state index < -0.39 is 6.10 Å². The first-order valence-electron chi connectivity index (χ1n) is 8.98. The number of benzene rings is 2. The molecule has 1 aliphatic rings. The molecule has 1 fully saturated rings. The molecular formula is C21H25ClN2O2. The van der Waals surface area contributed by atoms with Gasteiger partial charge >= 0.3 is 0 Å². The van der Waals surface area contributed by atoms with Gasteiger partial charge in [0.15, 0.2) is 6.10 Å². The summed E-state index contributed by atoms with van der Waals surface area (Å²) in [7, 11) is 0. The number of hydrogen-bond acceptors (Lipinski definition) is 3. The molecule has 4 nitrogen and oxygen atoms in total. The molecular weight excluding hydrogens is 348 g/mol. The predicted molar refractivity (Wildman–Crippen MR) is 106 cm³/mol. The number of anilines is 1. The first-order chi connectivity index (χ1) is 12.5. The number of piperazine rings is 1. The Hall–Kier alpha value is -2.20. The fraction of sp³-hybridized carbons (Fsp3) is 0.381. The minimum atomic E-state index is -0.490. The van der Waals surface area contributed by atoms with Crippen LogP contribution < -0.4 is 9.64 Å². The zero-order chi connectivity index (χ0) is 18.7. The molecule has 26 heavy (non-hydrogen) atoms. The molecule has 0 aromatic heterocycles. The minimum absolute atomic E-state index is 0.0377. The number of nitrogens with zero attached hydrogens (tertiary/aromatic N) is 2. The lowest BCUT2D eigenvalue weighted by Gasteiger charge is -2.37. The fourth-order valence-corrected chi connectivity index (χ4v) is 3.44. The van der Waals surface area contributed by atoms with Crippen molar-refractivity contribution >= 4 is 23.2 Å². The highest BCUT2D eigenvalue weighted by atomic mass is 35.5. The van der Waals surface area contributed by atoms with Crippen molar-refractivity contribution in [3.8, 4) is 5.75 Å². The van der Waals surface area contributed by atoms with Gasteiger partial charge in [-0.3, -0.25) is 4.79 Å². The van der Waals surface area contributed by atoms with Crippen molar-refractivity contribution in [2.45, 2.75) is 26.9 Å². The van der Waals surface area contributed by atoms with E-state index in [4.69, 9.17) is 16.3 Å². The normalized spacial score (nSPS) is 15.7. The zero-order valence-electron chi connectivity index (χ0n) is 15.5. The fourth-order valence-electron chi connectivity index (χ4n) is 3.28. The van der Waals surface area contributed by atoms with Crippen LogP contribution in [0.5, 0.6) is 5.75 Å². The molecule has 0 saturated carbocycles. The van der Waals surface area contributed by atoms with Crippen molar-refractivity contribution in [1.29, 1.82) is 0 Å². The van der Waals surface area contributed by atoms with Gasteiger partial charge in [0.25, 0.3) is 5.91 Å². The van der Waals surface area contributed by atoms with Crippen LogP contribution in [0, 0.1) is 13.8 Å². The topological polar surface area (TPSA) is 32.8 Å². The molecule has 3 rings (SSSR count). The number of aryl methyl sites for hydroxylation is 2. The van der Waals surface area contributed by atoms with Crippen LogP contribution >= 0.6 is 11.6 Å². The molecule has 5 heteroatoms. The second-order valence-electron chi connectivity index (χ2n) is 6.77. The Bertz CT molecular complexity index is 785. The Morgan fingerprint density at radius 1 is 1.04 bits per heavy atom. The number of halogens is 1. The van der Waals surface area contributed by atoms with Gasteiger partial charge in [-0.15, -0.1) is 0 Å². The molecule has 0 spiro atoms. The number of rotatable bonds is 4. The zero-order valence-corrected chi connectivity index (χ0v) is 16.3. The summed E-state index contributed by atoms with van der Waals surface area (Å²) in [5.74, 6) is 0.803. The summed E-state index contributed by atoms with van der Waals surface area (Å²) >= 11 is 6.14. The maximum atomic E-state index is 12.7. The molecule has 2 aromatic carbocycles. The van der Waals surface area contributed by atoms with Crippen LogP contribution in [0.3, 0.4) is 0 Å². The van der Waals surface area contributed by atoms with Crippen LogP contribution in [0.2, 0.25) is 5.02 Å². The van der Waals surface area contributed by atoms with E-state index in [1.54, 1.807) is 0 Å². The number of para-hydroxylation sites is 1. The van der Waals surface area contributed by atoms with E-state index >= 15 is 0 Å². The molecule has 2 aromatic rings. The molecule has 1 saturated heterocycles. The molecule has 1 atom stereocenters. The summed E-state index contributed by atoms with van der Waals surface area (Å²) in [6, 6.07) is 13.7. The molecule has 1 amide bonds. The van der Waals surface area contributed by atoms with Crippen LogP contribution in [0.1, 0.15) is 18.1 Å². The van der Waals surface area contributed by atoms with Crippen LogP contribution in [0.25, 0.3) is 0 Å². The highest BCUT2D eigenvalue weighted by Gasteiger charge is 2.26. The monoisotopic (exact) mass is 372 g/mol. The van der Waals surface area contributed by atoms with Crippen LogP contribution in [0.4, 0.5) is 5.69 Å². The third kappa shape index (κ3) is 4.13. The standard InChI is InChI=1S/C21H25ClN2O2/c1-15-8-9-18(22)14-19(15)23-10-12-24(13-11-23)21(25)17(3)26-20-7-5-4-6-16(20)2/h4-9,14,17H,10-13H2,1-3H3. The molecule has 0 bridgehead atoms. The van der Waals surface area contributed by atoms with Gasteiger partial charge in [0, 0.05) is 36.9 Å². The second kappa shape index (κ2) is 8.00. The first-order valence-corrected chi connectivity index (χ1v) is 9.35. The minimum Gasteiger partial charge on any atom is -0.481 e. The Kier molecular flexibility index (Phi) is 5.72. The van der Waals surface area contributed by atoms with Crippen molar-refractivity contribution in [1.82, 2.24) is 4.90 Å². The SMILES string of the molecule is Cc1ccccc1OC(C)C(=O)N1CCN(c2cc(Cl)ccc2C)CC1. The van der Waals surface area contributed by atoms with E-state index in [9.17, 15) is 4.79 Å². The lowest BCUT2D eigenvalue weighted by molar-refractivity contribution is -0.138. The van der Waals surface area contributed by atoms with Crippen molar-refractivity contribution in [2.75, 3.05) is 31.1 Å². The summed E-state index contributed by atoms with van der Waals surface area (Å²) in [6.45, 7) is 8.86. The molecule has 0 N–H and O–H groups in total. The van der Waals surface area contributed by atoms with Gasteiger partial charge in [-0.05, 0) is 50.1 Å². The lowest BCUT2D eigenvalue weighted by atomic mass is 10.1. The maximum absolute atomic E-state index is 12.7. The van der Waals surface area contributed by atoms with Crippen molar-refractivity contribution in [3.63, 3.8) is 0 Å². The Balaban J connectivity index is 1.59. The molecule has 1 heterocycles. The van der Waals surface area contributed by atoms with Gasteiger partial charge in [-0.25, -0.2) is 0 Å².